The van der Waals surface area contributed by atoms with Crippen LogP contribution in [0.1, 0.15) is 5.56 Å². The molecule has 1 heterocycles. The molecule has 0 saturated carbocycles. The molecule has 0 fully saturated rings. The lowest BCUT2D eigenvalue weighted by Crippen LogP contribution is -1.78. The minimum Gasteiger partial charge on any atom is -0.464 e. The van der Waals surface area contributed by atoms with Crippen LogP contribution in [-0.4, -0.2) is 0 Å². The van der Waals surface area contributed by atoms with E-state index in [1.165, 1.54) is 11.1 Å². The van der Waals surface area contributed by atoms with E-state index in [1.807, 2.05) is 12.1 Å². The Hall–Kier alpha value is -1.24. The molecule has 55 valence electrons. The van der Waals surface area contributed by atoms with Crippen LogP contribution in [0.4, 0.5) is 0 Å². The number of hydrogen-bond donors (Lipinski definition) is 0. The van der Waals surface area contributed by atoms with Crippen molar-refractivity contribution in [1.82, 2.24) is 0 Å². The van der Waals surface area contributed by atoms with Crippen molar-refractivity contribution in [1.29, 1.82) is 0 Å². The fraction of sp³-hybridized carbons (Fsp3) is 0.100. The Balaban J connectivity index is 2.64. The molecule has 2 aliphatic rings. The van der Waals surface area contributed by atoms with Crippen LogP contribution in [-0.2, 0) is 6.42 Å². The van der Waals surface area contributed by atoms with Gasteiger partial charge in [0.25, 0.3) is 0 Å². The summed E-state index contributed by atoms with van der Waals surface area (Å²) < 4.78 is 5.27. The maximum Gasteiger partial charge on any atom is 0.134 e. The standard InChI is InChI=1S/C10H9O/c1-2-8-5-6-10-9(8)4-3-7-11-10/h3-7H,1-2H2. The summed E-state index contributed by atoms with van der Waals surface area (Å²) in [6, 6.07) is 8.00. The van der Waals surface area contributed by atoms with E-state index in [2.05, 4.69) is 19.1 Å². The molecule has 0 unspecified atom stereocenters. The molecule has 0 bridgehead atoms. The van der Waals surface area contributed by atoms with E-state index in [0.29, 0.717) is 0 Å². The third-order valence-corrected chi connectivity index (χ3v) is 1.85. The van der Waals surface area contributed by atoms with Crippen LogP contribution >= 0.6 is 0 Å². The van der Waals surface area contributed by atoms with Crippen LogP contribution in [0.5, 0.6) is 0 Å². The minimum atomic E-state index is 0.822. The summed E-state index contributed by atoms with van der Waals surface area (Å²) in [5.74, 6) is 0.950. The zero-order chi connectivity index (χ0) is 7.68. The molecule has 0 spiro atoms. The molecule has 1 nitrogen and oxygen atoms in total. The summed E-state index contributed by atoms with van der Waals surface area (Å²) in [5, 5.41) is 0. The zero-order valence-electron chi connectivity index (χ0n) is 6.21. The molecule has 0 aromatic carbocycles. The number of rotatable bonds is 1. The first-order chi connectivity index (χ1) is 5.42. The average Bonchev–Trinajstić information content (AvgIpc) is 2.47. The Morgan fingerprint density at radius 1 is 1.27 bits per heavy atom. The van der Waals surface area contributed by atoms with Gasteiger partial charge < -0.3 is 4.42 Å². The highest BCUT2D eigenvalue weighted by atomic mass is 16.3. The van der Waals surface area contributed by atoms with E-state index in [4.69, 9.17) is 4.42 Å². The molecule has 0 atom stereocenters. The third kappa shape index (κ3) is 0.929. The number of hydrogen-bond acceptors (Lipinski definition) is 1. The predicted octanol–water partition coefficient (Wildman–Crippen LogP) is 2.76. The Kier molecular flexibility index (Phi) is 1.42. The molecule has 0 aromatic rings. The van der Waals surface area contributed by atoms with Gasteiger partial charge in [-0.05, 0) is 37.1 Å². The van der Waals surface area contributed by atoms with Crippen molar-refractivity contribution in [2.45, 2.75) is 6.42 Å². The summed E-state index contributed by atoms with van der Waals surface area (Å²) in [6.07, 6.45) is 2.51. The van der Waals surface area contributed by atoms with Crippen molar-refractivity contribution >= 4 is 0 Å². The highest BCUT2D eigenvalue weighted by Crippen LogP contribution is 2.27. The van der Waals surface area contributed by atoms with Gasteiger partial charge in [0, 0.05) is 5.56 Å². The van der Waals surface area contributed by atoms with Gasteiger partial charge in [0.05, 0.1) is 6.26 Å². The van der Waals surface area contributed by atoms with E-state index >= 15 is 0 Å². The number of fused-ring (bicyclic) bond motifs is 1. The van der Waals surface area contributed by atoms with Gasteiger partial charge >= 0.3 is 0 Å². The highest BCUT2D eigenvalue weighted by Gasteiger charge is 2.07. The molecular formula is C10H9O. The van der Waals surface area contributed by atoms with Crippen LogP contribution in [0.15, 0.2) is 34.9 Å². The molecule has 0 saturated heterocycles. The molecular weight excluding hydrogens is 136 g/mol. The average molecular weight is 145 g/mol. The lowest BCUT2D eigenvalue weighted by atomic mass is 10.1. The molecule has 0 aromatic heterocycles. The summed E-state index contributed by atoms with van der Waals surface area (Å²) in [5.41, 5.74) is 2.44. The summed E-state index contributed by atoms with van der Waals surface area (Å²) in [4.78, 5) is 0. The Morgan fingerprint density at radius 2 is 2.18 bits per heavy atom. The minimum absolute atomic E-state index is 0.822. The molecule has 1 radical (unpaired) electrons. The Bertz CT molecular complexity index is 322. The Morgan fingerprint density at radius 3 is 3.00 bits per heavy atom. The fourth-order valence-electron chi connectivity index (χ4n) is 1.27. The summed E-state index contributed by atoms with van der Waals surface area (Å²) in [6.45, 7) is 3.84. The van der Waals surface area contributed by atoms with Gasteiger partial charge in [-0.2, -0.15) is 0 Å². The van der Waals surface area contributed by atoms with Crippen LogP contribution in [0.3, 0.4) is 0 Å². The van der Waals surface area contributed by atoms with Gasteiger partial charge in [-0.15, -0.1) is 0 Å². The monoisotopic (exact) mass is 145 g/mol. The van der Waals surface area contributed by atoms with Crippen LogP contribution in [0.2, 0.25) is 0 Å². The van der Waals surface area contributed by atoms with Gasteiger partial charge in [0.1, 0.15) is 5.76 Å². The molecule has 2 rings (SSSR count). The van der Waals surface area contributed by atoms with Crippen LogP contribution < -0.4 is 0 Å². The van der Waals surface area contributed by atoms with Gasteiger partial charge in [0.2, 0.25) is 0 Å². The summed E-state index contributed by atoms with van der Waals surface area (Å²) >= 11 is 0. The van der Waals surface area contributed by atoms with Crippen molar-refractivity contribution in [2.75, 3.05) is 0 Å². The molecule has 1 heteroatoms. The van der Waals surface area contributed by atoms with Gasteiger partial charge in [-0.25, -0.2) is 0 Å². The molecule has 11 heavy (non-hydrogen) atoms. The first-order valence-electron chi connectivity index (χ1n) is 3.66. The third-order valence-electron chi connectivity index (χ3n) is 1.85. The molecule has 0 N–H and O–H groups in total. The predicted molar refractivity (Wildman–Crippen MR) is 44.4 cm³/mol. The normalized spacial score (nSPS) is 10.6. The maximum atomic E-state index is 5.27. The molecule has 0 amide bonds. The second-order valence-corrected chi connectivity index (χ2v) is 2.50. The van der Waals surface area contributed by atoms with Gasteiger partial charge in [-0.1, -0.05) is 6.07 Å². The highest BCUT2D eigenvalue weighted by molar-refractivity contribution is 5.65. The second-order valence-electron chi connectivity index (χ2n) is 2.50. The van der Waals surface area contributed by atoms with Gasteiger partial charge in [-0.3, -0.25) is 0 Å². The lowest BCUT2D eigenvalue weighted by Gasteiger charge is -1.98. The van der Waals surface area contributed by atoms with E-state index < -0.39 is 0 Å². The Labute approximate surface area is 66.0 Å². The van der Waals surface area contributed by atoms with Crippen molar-refractivity contribution in [3.8, 4) is 11.3 Å². The maximum absolute atomic E-state index is 5.27. The molecule has 1 aliphatic carbocycles. The van der Waals surface area contributed by atoms with E-state index in [0.717, 1.165) is 12.2 Å². The smallest absolute Gasteiger partial charge is 0.134 e. The molecule has 1 aliphatic heterocycles. The quantitative estimate of drug-likeness (QED) is 0.601. The second kappa shape index (κ2) is 2.42. The van der Waals surface area contributed by atoms with E-state index in [1.54, 1.807) is 6.26 Å². The fourth-order valence-corrected chi connectivity index (χ4v) is 1.27. The van der Waals surface area contributed by atoms with Crippen LogP contribution in [0.25, 0.3) is 11.3 Å². The van der Waals surface area contributed by atoms with E-state index in [9.17, 15) is 0 Å². The van der Waals surface area contributed by atoms with Gasteiger partial charge in [0.15, 0.2) is 0 Å². The van der Waals surface area contributed by atoms with E-state index in [-0.39, 0.29) is 0 Å². The lowest BCUT2D eigenvalue weighted by molar-refractivity contribution is 0.567. The summed E-state index contributed by atoms with van der Waals surface area (Å²) in [7, 11) is 0. The van der Waals surface area contributed by atoms with Crippen molar-refractivity contribution in [3.63, 3.8) is 0 Å². The largest absolute Gasteiger partial charge is 0.464 e. The first kappa shape index (κ1) is 6.47. The van der Waals surface area contributed by atoms with Crippen molar-refractivity contribution in [2.24, 2.45) is 0 Å². The SMILES string of the molecule is [CH2]Cc1ccc2occcc1-2. The van der Waals surface area contributed by atoms with Crippen molar-refractivity contribution < 1.29 is 4.42 Å². The zero-order valence-corrected chi connectivity index (χ0v) is 6.21. The van der Waals surface area contributed by atoms with Crippen LogP contribution in [0, 0.1) is 6.92 Å². The van der Waals surface area contributed by atoms with Crippen molar-refractivity contribution in [3.05, 3.63) is 43.0 Å². The first-order valence-corrected chi connectivity index (χ1v) is 3.66. The topological polar surface area (TPSA) is 13.1 Å².